The second-order valence-corrected chi connectivity index (χ2v) is 10.3. The second-order valence-electron chi connectivity index (χ2n) is 10.3. The largest absolute Gasteiger partial charge is 0.342 e. The van der Waals surface area contributed by atoms with Gasteiger partial charge in [-0.05, 0) is 25.0 Å². The van der Waals surface area contributed by atoms with E-state index in [0.717, 1.165) is 50.0 Å². The lowest BCUT2D eigenvalue weighted by Crippen LogP contribution is -2.48. The first-order chi connectivity index (χ1) is 16.3. The Bertz CT molecular complexity index is 530. The highest BCUT2D eigenvalue weighted by atomic mass is 16.2. The molecule has 0 aromatic carbocycles. The zero-order chi connectivity index (χ0) is 25.7. The molecular weight excluding hydrogens is 422 g/mol. The van der Waals surface area contributed by atoms with Gasteiger partial charge >= 0.3 is 0 Å². The van der Waals surface area contributed by atoms with Crippen molar-refractivity contribution in [2.45, 2.75) is 96.8 Å². The van der Waals surface area contributed by atoms with Crippen molar-refractivity contribution in [3.8, 4) is 0 Å². The van der Waals surface area contributed by atoms with Gasteiger partial charge in [-0.15, -0.1) is 0 Å². The molecule has 0 saturated heterocycles. The van der Waals surface area contributed by atoms with Gasteiger partial charge in [0.1, 0.15) is 0 Å². The van der Waals surface area contributed by atoms with Gasteiger partial charge in [-0.25, -0.2) is 0 Å². The Morgan fingerprint density at radius 2 is 0.941 bits per heavy atom. The number of carbonyl (C=O) groups excluding carboxylic acids is 2. The molecule has 0 saturated carbocycles. The third kappa shape index (κ3) is 16.9. The summed E-state index contributed by atoms with van der Waals surface area (Å²) in [6.45, 7) is 14.2. The minimum absolute atomic E-state index is 0.0141. The Balaban J connectivity index is 4.29. The third-order valence-corrected chi connectivity index (χ3v) is 7.04. The molecule has 0 unspecified atom stereocenters. The lowest BCUT2D eigenvalue weighted by molar-refractivity contribution is -0.910. The topological polar surface area (TPSA) is 40.6 Å². The van der Waals surface area contributed by atoms with E-state index in [1.54, 1.807) is 9.80 Å². The van der Waals surface area contributed by atoms with E-state index in [1.165, 1.54) is 89.2 Å². The molecule has 0 spiro atoms. The molecule has 0 aliphatic heterocycles. The van der Waals surface area contributed by atoms with Crippen molar-refractivity contribution in [3.05, 3.63) is 25.3 Å². The summed E-state index contributed by atoms with van der Waals surface area (Å²) in [5, 5.41) is 0. The number of likely N-dealkylation sites (N-methyl/N-ethyl adjacent to an activating group) is 2. The molecule has 0 aromatic rings. The van der Waals surface area contributed by atoms with Gasteiger partial charge in [-0.2, -0.15) is 0 Å². The maximum atomic E-state index is 11.8. The summed E-state index contributed by atoms with van der Waals surface area (Å²) in [5.74, 6) is -0.0283. The highest BCUT2D eigenvalue weighted by molar-refractivity contribution is 5.87. The number of rotatable bonds is 23. The van der Waals surface area contributed by atoms with Gasteiger partial charge in [-0.3, -0.25) is 9.59 Å². The molecule has 0 N–H and O–H groups in total. The van der Waals surface area contributed by atoms with Gasteiger partial charge < -0.3 is 14.3 Å². The third-order valence-electron chi connectivity index (χ3n) is 7.04. The first-order valence-electron chi connectivity index (χ1n) is 13.9. The molecule has 5 nitrogen and oxygen atoms in total. The predicted octanol–water partition coefficient (Wildman–Crippen LogP) is 6.20. The Morgan fingerprint density at radius 3 is 1.29 bits per heavy atom. The molecule has 2 amide bonds. The van der Waals surface area contributed by atoms with Gasteiger partial charge in [0.25, 0.3) is 0 Å². The molecule has 198 valence electrons. The van der Waals surface area contributed by atoms with Crippen molar-refractivity contribution in [3.63, 3.8) is 0 Å². The monoisotopic (exact) mass is 478 g/mol. The zero-order valence-corrected chi connectivity index (χ0v) is 23.2. The van der Waals surface area contributed by atoms with Crippen LogP contribution in [0.15, 0.2) is 25.3 Å². The standard InChI is InChI=1S/C29H56N3O2/c1-7-10-11-12-13-14-15-16-17-18-19-20-25-32(6,26-21-23-30(4)28(33)8-2)27-22-24-31(5)29(34)9-3/h8-9H,2-3,7,10-27H2,1,4-6H3/q+1. The van der Waals surface area contributed by atoms with E-state index in [4.69, 9.17) is 0 Å². The lowest BCUT2D eigenvalue weighted by atomic mass is 10.0. The minimum Gasteiger partial charge on any atom is -0.342 e. The SMILES string of the molecule is C=CC(=O)N(C)CCC[N+](C)(CCCCCCCCCCCCCC)CCCN(C)C(=O)C=C. The van der Waals surface area contributed by atoms with Crippen LogP contribution in [0.25, 0.3) is 0 Å². The van der Waals surface area contributed by atoms with Crippen LogP contribution in [0.5, 0.6) is 0 Å². The Morgan fingerprint density at radius 1 is 0.618 bits per heavy atom. The zero-order valence-electron chi connectivity index (χ0n) is 23.2. The quantitative estimate of drug-likeness (QED) is 0.0996. The van der Waals surface area contributed by atoms with Gasteiger partial charge in [-0.1, -0.05) is 84.3 Å². The highest BCUT2D eigenvalue weighted by Crippen LogP contribution is 2.14. The number of nitrogens with zero attached hydrogens (tertiary/aromatic N) is 3. The number of amides is 2. The van der Waals surface area contributed by atoms with Gasteiger partial charge in [0, 0.05) is 40.0 Å². The van der Waals surface area contributed by atoms with Gasteiger partial charge in [0.2, 0.25) is 11.8 Å². The van der Waals surface area contributed by atoms with Gasteiger partial charge in [0.05, 0.1) is 26.7 Å². The molecule has 0 aliphatic rings. The van der Waals surface area contributed by atoms with Crippen LogP contribution in [-0.4, -0.2) is 80.0 Å². The Kier molecular flexibility index (Phi) is 19.7. The number of hydrogen-bond acceptors (Lipinski definition) is 2. The van der Waals surface area contributed by atoms with Crippen LogP contribution in [0.2, 0.25) is 0 Å². The van der Waals surface area contributed by atoms with Crippen molar-refractivity contribution in [1.29, 1.82) is 0 Å². The summed E-state index contributed by atoms with van der Waals surface area (Å²) >= 11 is 0. The first kappa shape index (κ1) is 32.4. The molecule has 0 bridgehead atoms. The average molecular weight is 479 g/mol. The average Bonchev–Trinajstić information content (AvgIpc) is 2.83. The normalized spacial score (nSPS) is 11.3. The maximum Gasteiger partial charge on any atom is 0.245 e. The molecule has 34 heavy (non-hydrogen) atoms. The molecule has 0 atom stereocenters. The molecule has 0 heterocycles. The molecule has 0 aliphatic carbocycles. The fourth-order valence-electron chi connectivity index (χ4n) is 4.58. The molecule has 5 heteroatoms. The van der Waals surface area contributed by atoms with Crippen molar-refractivity contribution in [2.75, 3.05) is 53.9 Å². The Labute approximate surface area is 211 Å². The smallest absolute Gasteiger partial charge is 0.245 e. The van der Waals surface area contributed by atoms with E-state index < -0.39 is 0 Å². The number of unbranched alkanes of at least 4 members (excludes halogenated alkanes) is 11. The van der Waals surface area contributed by atoms with Crippen molar-refractivity contribution >= 4 is 11.8 Å². The van der Waals surface area contributed by atoms with Crippen LogP contribution < -0.4 is 0 Å². The van der Waals surface area contributed by atoms with Crippen LogP contribution in [0.4, 0.5) is 0 Å². The Hall–Kier alpha value is -1.62. The van der Waals surface area contributed by atoms with Crippen LogP contribution >= 0.6 is 0 Å². The molecular formula is C29H56N3O2+. The summed E-state index contributed by atoms with van der Waals surface area (Å²) in [5.41, 5.74) is 0. The second kappa shape index (κ2) is 20.7. The van der Waals surface area contributed by atoms with Crippen LogP contribution in [0.1, 0.15) is 96.8 Å². The molecule has 0 aromatic heterocycles. The summed E-state index contributed by atoms with van der Waals surface area (Å²) in [6, 6.07) is 0. The minimum atomic E-state index is -0.0141. The fraction of sp³-hybridized carbons (Fsp3) is 0.793. The van der Waals surface area contributed by atoms with E-state index in [-0.39, 0.29) is 11.8 Å². The number of hydrogen-bond donors (Lipinski definition) is 0. The van der Waals surface area contributed by atoms with E-state index in [2.05, 4.69) is 27.1 Å². The summed E-state index contributed by atoms with van der Waals surface area (Å²) in [7, 11) is 6.02. The van der Waals surface area contributed by atoms with Crippen LogP contribution in [-0.2, 0) is 9.59 Å². The molecule has 0 fully saturated rings. The van der Waals surface area contributed by atoms with Crippen molar-refractivity contribution in [2.24, 2.45) is 0 Å². The van der Waals surface area contributed by atoms with Crippen LogP contribution in [0.3, 0.4) is 0 Å². The van der Waals surface area contributed by atoms with Crippen molar-refractivity contribution in [1.82, 2.24) is 9.80 Å². The molecule has 0 radical (unpaired) electrons. The molecule has 0 rings (SSSR count). The fourth-order valence-corrected chi connectivity index (χ4v) is 4.58. The van der Waals surface area contributed by atoms with Gasteiger partial charge in [0.15, 0.2) is 0 Å². The van der Waals surface area contributed by atoms with E-state index in [1.807, 2.05) is 14.1 Å². The van der Waals surface area contributed by atoms with E-state index in [0.29, 0.717) is 0 Å². The maximum absolute atomic E-state index is 11.8. The highest BCUT2D eigenvalue weighted by Gasteiger charge is 2.21. The van der Waals surface area contributed by atoms with Crippen LogP contribution in [0, 0.1) is 0 Å². The van der Waals surface area contributed by atoms with E-state index >= 15 is 0 Å². The lowest BCUT2D eigenvalue weighted by Gasteiger charge is -2.36. The predicted molar refractivity (Wildman–Crippen MR) is 147 cm³/mol. The number of carbonyl (C=O) groups is 2. The van der Waals surface area contributed by atoms with Crippen molar-refractivity contribution < 1.29 is 14.1 Å². The summed E-state index contributed by atoms with van der Waals surface area (Å²) in [4.78, 5) is 27.0. The number of quaternary nitrogens is 1. The first-order valence-corrected chi connectivity index (χ1v) is 13.9. The van der Waals surface area contributed by atoms with E-state index in [9.17, 15) is 9.59 Å². The summed E-state index contributed by atoms with van der Waals surface area (Å²) in [6.07, 6.45) is 21.1. The summed E-state index contributed by atoms with van der Waals surface area (Å²) < 4.78 is 1.00.